The summed E-state index contributed by atoms with van der Waals surface area (Å²) in [5.41, 5.74) is -0.229. The third-order valence-electron chi connectivity index (χ3n) is 1.77. The molecule has 0 spiro atoms. The van der Waals surface area contributed by atoms with Crippen molar-refractivity contribution >= 4 is 22.7 Å². The van der Waals surface area contributed by atoms with Gasteiger partial charge in [0.2, 0.25) is 0 Å². The van der Waals surface area contributed by atoms with E-state index in [1.165, 1.54) is 6.07 Å². The molecule has 0 unspecified atom stereocenters. The first-order chi connectivity index (χ1) is 7.47. The predicted molar refractivity (Wildman–Crippen MR) is 60.7 cm³/mol. The SMILES string of the molecule is C#Cc1cc(COSS)cc(C(F)(F)F)c1. The molecule has 1 rings (SSSR count). The minimum absolute atomic E-state index is 0.0206. The van der Waals surface area contributed by atoms with Crippen LogP contribution in [-0.4, -0.2) is 0 Å². The van der Waals surface area contributed by atoms with Crippen LogP contribution in [0.1, 0.15) is 16.7 Å². The fourth-order valence-corrected chi connectivity index (χ4v) is 1.46. The summed E-state index contributed by atoms with van der Waals surface area (Å²) >= 11 is 4.50. The van der Waals surface area contributed by atoms with Crippen molar-refractivity contribution in [1.29, 1.82) is 0 Å². The molecule has 0 fully saturated rings. The molecular weight excluding hydrogens is 257 g/mol. The van der Waals surface area contributed by atoms with E-state index in [4.69, 9.17) is 10.6 Å². The van der Waals surface area contributed by atoms with Crippen LogP contribution in [0.4, 0.5) is 13.2 Å². The highest BCUT2D eigenvalue weighted by Gasteiger charge is 2.31. The smallest absolute Gasteiger partial charge is 0.300 e. The minimum Gasteiger partial charge on any atom is -0.300 e. The Labute approximate surface area is 100 Å². The van der Waals surface area contributed by atoms with Gasteiger partial charge in [0.1, 0.15) is 0 Å². The third kappa shape index (κ3) is 3.67. The number of hydrogen-bond donors (Lipinski definition) is 1. The predicted octanol–water partition coefficient (Wildman–Crippen LogP) is 3.70. The quantitative estimate of drug-likeness (QED) is 0.386. The van der Waals surface area contributed by atoms with Gasteiger partial charge in [-0.2, -0.15) is 13.2 Å². The molecule has 1 nitrogen and oxygen atoms in total. The van der Waals surface area contributed by atoms with Crippen LogP contribution in [0.2, 0.25) is 0 Å². The zero-order valence-electron chi connectivity index (χ0n) is 7.91. The molecule has 0 bridgehead atoms. The Hall–Kier alpha value is -0.770. The second kappa shape index (κ2) is 5.53. The first-order valence-corrected chi connectivity index (χ1v) is 5.87. The second-order valence-electron chi connectivity index (χ2n) is 2.90. The number of terminal acetylenes is 1. The molecule has 0 atom stereocenters. The van der Waals surface area contributed by atoms with E-state index in [2.05, 4.69) is 17.6 Å². The Morgan fingerprint density at radius 2 is 2.06 bits per heavy atom. The van der Waals surface area contributed by atoms with E-state index < -0.39 is 11.7 Å². The van der Waals surface area contributed by atoms with Gasteiger partial charge in [-0.15, -0.1) is 6.42 Å². The first kappa shape index (κ1) is 13.3. The molecule has 16 heavy (non-hydrogen) atoms. The molecule has 0 saturated heterocycles. The summed E-state index contributed by atoms with van der Waals surface area (Å²) < 4.78 is 42.3. The van der Waals surface area contributed by atoms with Crippen molar-refractivity contribution in [2.45, 2.75) is 12.8 Å². The molecule has 0 heterocycles. The number of alkyl halides is 3. The third-order valence-corrected chi connectivity index (χ3v) is 2.30. The molecule has 0 aromatic heterocycles. The second-order valence-corrected chi connectivity index (χ2v) is 3.73. The maximum atomic E-state index is 12.5. The largest absolute Gasteiger partial charge is 0.416 e. The fraction of sp³-hybridized carbons (Fsp3) is 0.200. The van der Waals surface area contributed by atoms with Gasteiger partial charge in [-0.05, 0) is 23.8 Å². The Kier molecular flexibility index (Phi) is 4.59. The Morgan fingerprint density at radius 1 is 1.38 bits per heavy atom. The maximum absolute atomic E-state index is 12.5. The average Bonchev–Trinajstić information content (AvgIpc) is 2.24. The molecule has 0 saturated carbocycles. The van der Waals surface area contributed by atoms with Gasteiger partial charge in [-0.1, -0.05) is 17.6 Å². The number of hydrogen-bond acceptors (Lipinski definition) is 3. The summed E-state index contributed by atoms with van der Waals surface area (Å²) in [6, 6.07) is 3.40. The van der Waals surface area contributed by atoms with Gasteiger partial charge in [-0.25, -0.2) is 0 Å². The molecular formula is C10H7F3OS2. The van der Waals surface area contributed by atoms with Gasteiger partial charge in [0.15, 0.2) is 0 Å². The highest BCUT2D eigenvalue weighted by Crippen LogP contribution is 2.31. The van der Waals surface area contributed by atoms with Crippen LogP contribution in [0.25, 0.3) is 0 Å². The van der Waals surface area contributed by atoms with Crippen molar-refractivity contribution in [3.8, 4) is 12.3 Å². The van der Waals surface area contributed by atoms with E-state index in [-0.39, 0.29) is 12.2 Å². The lowest BCUT2D eigenvalue weighted by atomic mass is 10.1. The van der Waals surface area contributed by atoms with Gasteiger partial charge in [0.05, 0.1) is 23.2 Å². The topological polar surface area (TPSA) is 9.23 Å². The van der Waals surface area contributed by atoms with Gasteiger partial charge in [-0.3, -0.25) is 0 Å². The molecule has 0 amide bonds. The van der Waals surface area contributed by atoms with Crippen LogP contribution in [0.15, 0.2) is 18.2 Å². The average molecular weight is 264 g/mol. The number of rotatable bonds is 3. The lowest BCUT2D eigenvalue weighted by Gasteiger charge is -2.09. The van der Waals surface area contributed by atoms with E-state index in [0.29, 0.717) is 5.56 Å². The lowest BCUT2D eigenvalue weighted by molar-refractivity contribution is -0.137. The van der Waals surface area contributed by atoms with Crippen molar-refractivity contribution in [3.63, 3.8) is 0 Å². The monoisotopic (exact) mass is 264 g/mol. The minimum atomic E-state index is -4.41. The molecule has 0 aliphatic heterocycles. The van der Waals surface area contributed by atoms with Crippen molar-refractivity contribution in [1.82, 2.24) is 0 Å². The summed E-state index contributed by atoms with van der Waals surface area (Å²) in [5, 5.41) is 0. The first-order valence-electron chi connectivity index (χ1n) is 4.08. The normalized spacial score (nSPS) is 11.2. The van der Waals surface area contributed by atoms with Crippen molar-refractivity contribution in [2.75, 3.05) is 0 Å². The van der Waals surface area contributed by atoms with Crippen LogP contribution in [0.3, 0.4) is 0 Å². The summed E-state index contributed by atoms with van der Waals surface area (Å²) in [6.45, 7) is 0.0206. The molecule has 0 aliphatic carbocycles. The summed E-state index contributed by atoms with van der Waals surface area (Å²) in [7, 11) is 0. The molecule has 1 aromatic carbocycles. The van der Waals surface area contributed by atoms with Gasteiger partial charge < -0.3 is 4.18 Å². The zero-order chi connectivity index (χ0) is 12.2. The van der Waals surface area contributed by atoms with Crippen molar-refractivity contribution < 1.29 is 17.4 Å². The van der Waals surface area contributed by atoms with Crippen molar-refractivity contribution in [3.05, 3.63) is 34.9 Å². The molecule has 0 radical (unpaired) electrons. The summed E-state index contributed by atoms with van der Waals surface area (Å²) in [6.07, 6.45) is 0.674. The highest BCUT2D eigenvalue weighted by atomic mass is 33.1. The van der Waals surface area contributed by atoms with Crippen LogP contribution in [0.5, 0.6) is 0 Å². The number of thiol groups is 1. The van der Waals surface area contributed by atoms with E-state index in [1.807, 2.05) is 0 Å². The van der Waals surface area contributed by atoms with Gasteiger partial charge in [0, 0.05) is 5.56 Å². The van der Waals surface area contributed by atoms with E-state index in [0.717, 1.165) is 23.2 Å². The number of benzene rings is 1. The van der Waals surface area contributed by atoms with E-state index >= 15 is 0 Å². The van der Waals surface area contributed by atoms with E-state index in [1.54, 1.807) is 0 Å². The van der Waals surface area contributed by atoms with Gasteiger partial charge in [0.25, 0.3) is 0 Å². The van der Waals surface area contributed by atoms with Gasteiger partial charge >= 0.3 is 6.18 Å². The Balaban J connectivity index is 3.07. The summed E-state index contributed by atoms with van der Waals surface area (Å²) in [4.78, 5) is 0. The molecule has 0 aliphatic rings. The fourth-order valence-electron chi connectivity index (χ4n) is 1.12. The summed E-state index contributed by atoms with van der Waals surface area (Å²) in [5.74, 6) is 2.17. The van der Waals surface area contributed by atoms with E-state index in [9.17, 15) is 13.2 Å². The molecule has 6 heteroatoms. The zero-order valence-corrected chi connectivity index (χ0v) is 9.63. The number of halogens is 3. The van der Waals surface area contributed by atoms with Crippen LogP contribution in [-0.2, 0) is 17.0 Å². The Bertz CT molecular complexity index is 410. The standard InChI is InChI=1S/C10H7F3OS2/c1-2-7-3-8(6-14-16-15)5-9(4-7)10(11,12)13/h1,3-5,15H,6H2. The molecule has 0 N–H and O–H groups in total. The Morgan fingerprint density at radius 3 is 2.56 bits per heavy atom. The molecule has 1 aromatic rings. The van der Waals surface area contributed by atoms with Crippen molar-refractivity contribution in [2.24, 2.45) is 0 Å². The van der Waals surface area contributed by atoms with Crippen LogP contribution in [0, 0.1) is 12.3 Å². The maximum Gasteiger partial charge on any atom is 0.416 e. The van der Waals surface area contributed by atoms with Crippen LogP contribution < -0.4 is 0 Å². The lowest BCUT2D eigenvalue weighted by Crippen LogP contribution is -2.06. The van der Waals surface area contributed by atoms with Crippen LogP contribution >= 0.6 is 22.7 Å². The molecule has 86 valence electrons. The highest BCUT2D eigenvalue weighted by molar-refractivity contribution is 8.66.